The first-order chi connectivity index (χ1) is 8.68. The fraction of sp³-hybridized carbons (Fsp3) is 0.0833. The van der Waals surface area contributed by atoms with E-state index < -0.39 is 17.4 Å². The minimum Gasteiger partial charge on any atom is -0.448 e. The maximum atomic E-state index is 13.6. The number of para-hydroxylation sites is 1. The second-order valence-corrected chi connectivity index (χ2v) is 3.92. The Labute approximate surface area is 106 Å². The van der Waals surface area contributed by atoms with Crippen LogP contribution in [-0.4, -0.2) is 11.6 Å². The summed E-state index contributed by atoms with van der Waals surface area (Å²) >= 11 is 0. The molecule has 2 unspecified atom stereocenters. The molecular formula is C12H12FN2O2P. The minimum atomic E-state index is -1.31. The molecule has 2 atom stereocenters. The summed E-state index contributed by atoms with van der Waals surface area (Å²) in [7, 11) is 1.88. The molecule has 0 bridgehead atoms. The Balaban J connectivity index is 2.32. The van der Waals surface area contributed by atoms with Crippen LogP contribution in [0.1, 0.15) is 0 Å². The number of carbonyl (C=O) groups is 1. The molecule has 0 fully saturated rings. The monoisotopic (exact) mass is 266 g/mol. The van der Waals surface area contributed by atoms with Crippen molar-refractivity contribution in [1.82, 2.24) is 5.32 Å². The Bertz CT molecular complexity index is 519. The van der Waals surface area contributed by atoms with Crippen molar-refractivity contribution < 1.29 is 13.7 Å². The average Bonchev–Trinajstić information content (AvgIpc) is 2.41. The molecule has 1 aromatic rings. The van der Waals surface area contributed by atoms with E-state index in [0.717, 1.165) is 0 Å². The van der Waals surface area contributed by atoms with Crippen LogP contribution in [0, 0.1) is 5.82 Å². The molecule has 1 aliphatic rings. The third-order valence-corrected chi connectivity index (χ3v) is 2.71. The second kappa shape index (κ2) is 5.19. The van der Waals surface area contributed by atoms with Crippen molar-refractivity contribution in [3.05, 3.63) is 54.5 Å². The molecule has 0 aliphatic carbocycles. The number of halogens is 1. The van der Waals surface area contributed by atoms with E-state index in [4.69, 9.17) is 0 Å². The minimum absolute atomic E-state index is 0.209. The lowest BCUT2D eigenvalue weighted by Gasteiger charge is -2.31. The van der Waals surface area contributed by atoms with Gasteiger partial charge in [0.1, 0.15) is 5.82 Å². The van der Waals surface area contributed by atoms with Gasteiger partial charge in [0.25, 0.3) is 0 Å². The molecule has 94 valence electrons. The summed E-state index contributed by atoms with van der Waals surface area (Å²) in [5, 5.41) is 5.63. The Morgan fingerprint density at radius 3 is 2.78 bits per heavy atom. The van der Waals surface area contributed by atoms with Gasteiger partial charge in [-0.3, -0.25) is 0 Å². The second-order valence-electron chi connectivity index (χ2n) is 3.68. The van der Waals surface area contributed by atoms with Crippen molar-refractivity contribution in [3.63, 3.8) is 0 Å². The molecule has 0 radical (unpaired) electrons. The number of hydrogen-bond donors (Lipinski definition) is 2. The fourth-order valence-corrected chi connectivity index (χ4v) is 1.79. The molecule has 18 heavy (non-hydrogen) atoms. The SMILES string of the molecule is O=C(OP)C1(Nc2ccccc2F)C=CC=CN1. The standard InChI is InChI=1S/C12H12FN2O2P/c13-9-5-1-2-6-10(9)15-12(11(16)17-18)7-3-4-8-14-12/h1-8,14-15H,18H2. The third kappa shape index (κ3) is 2.36. The number of allylic oxidation sites excluding steroid dienone is 2. The first kappa shape index (κ1) is 12.6. The van der Waals surface area contributed by atoms with Gasteiger partial charge in [0.2, 0.25) is 5.66 Å². The lowest BCUT2D eigenvalue weighted by atomic mass is 10.1. The maximum absolute atomic E-state index is 13.6. The van der Waals surface area contributed by atoms with Crippen molar-refractivity contribution >= 4 is 21.1 Å². The van der Waals surface area contributed by atoms with E-state index in [2.05, 4.69) is 15.2 Å². The van der Waals surface area contributed by atoms with Crippen LogP contribution in [0.25, 0.3) is 0 Å². The summed E-state index contributed by atoms with van der Waals surface area (Å²) in [6.45, 7) is 0. The van der Waals surface area contributed by atoms with Gasteiger partial charge in [-0.05, 0) is 30.5 Å². The number of dihydropyridines is 1. The Hall–Kier alpha value is -1.87. The van der Waals surface area contributed by atoms with Gasteiger partial charge in [0, 0.05) is 0 Å². The predicted molar refractivity (Wildman–Crippen MR) is 70.0 cm³/mol. The number of benzene rings is 1. The van der Waals surface area contributed by atoms with Crippen LogP contribution in [0.2, 0.25) is 0 Å². The van der Waals surface area contributed by atoms with Gasteiger partial charge in [0.05, 0.1) is 15.2 Å². The third-order valence-electron chi connectivity index (χ3n) is 2.50. The average molecular weight is 266 g/mol. The smallest absolute Gasteiger partial charge is 0.359 e. The molecule has 2 N–H and O–H groups in total. The van der Waals surface area contributed by atoms with E-state index in [0.29, 0.717) is 0 Å². The summed E-state index contributed by atoms with van der Waals surface area (Å²) < 4.78 is 18.2. The van der Waals surface area contributed by atoms with E-state index in [1.54, 1.807) is 42.6 Å². The topological polar surface area (TPSA) is 50.4 Å². The first-order valence-corrected chi connectivity index (χ1v) is 5.71. The molecular weight excluding hydrogens is 254 g/mol. The molecule has 0 aromatic heterocycles. The van der Waals surface area contributed by atoms with Crippen LogP contribution in [0.4, 0.5) is 10.1 Å². The van der Waals surface area contributed by atoms with Crippen molar-refractivity contribution in [2.24, 2.45) is 0 Å². The van der Waals surface area contributed by atoms with Crippen molar-refractivity contribution in [2.75, 3.05) is 5.32 Å². The Morgan fingerprint density at radius 2 is 2.17 bits per heavy atom. The van der Waals surface area contributed by atoms with E-state index in [1.807, 2.05) is 9.47 Å². The summed E-state index contributed by atoms with van der Waals surface area (Å²) in [4.78, 5) is 11.8. The molecule has 1 aromatic carbocycles. The van der Waals surface area contributed by atoms with Crippen LogP contribution in [0.15, 0.2) is 48.7 Å². The largest absolute Gasteiger partial charge is 0.448 e. The van der Waals surface area contributed by atoms with Crippen molar-refractivity contribution in [1.29, 1.82) is 0 Å². The van der Waals surface area contributed by atoms with E-state index in [1.165, 1.54) is 6.07 Å². The van der Waals surface area contributed by atoms with Crippen LogP contribution in [-0.2, 0) is 9.32 Å². The zero-order valence-electron chi connectivity index (χ0n) is 9.39. The molecule has 6 heteroatoms. The Morgan fingerprint density at radius 1 is 1.39 bits per heavy atom. The van der Waals surface area contributed by atoms with Gasteiger partial charge in [-0.2, -0.15) is 0 Å². The van der Waals surface area contributed by atoms with Gasteiger partial charge in [-0.15, -0.1) is 0 Å². The molecule has 0 saturated carbocycles. The van der Waals surface area contributed by atoms with Crippen LogP contribution < -0.4 is 10.6 Å². The zero-order valence-corrected chi connectivity index (χ0v) is 10.5. The molecule has 4 nitrogen and oxygen atoms in total. The first-order valence-electron chi connectivity index (χ1n) is 5.24. The highest BCUT2D eigenvalue weighted by Crippen LogP contribution is 2.21. The van der Waals surface area contributed by atoms with Crippen LogP contribution >= 0.6 is 9.47 Å². The van der Waals surface area contributed by atoms with Gasteiger partial charge in [-0.1, -0.05) is 18.2 Å². The molecule has 1 heterocycles. The number of carbonyl (C=O) groups excluding carboxylic acids is 1. The number of nitrogens with one attached hydrogen (secondary N) is 2. The maximum Gasteiger partial charge on any atom is 0.359 e. The highest BCUT2D eigenvalue weighted by molar-refractivity contribution is 7.10. The van der Waals surface area contributed by atoms with Crippen LogP contribution in [0.5, 0.6) is 0 Å². The highest BCUT2D eigenvalue weighted by Gasteiger charge is 2.37. The summed E-state index contributed by atoms with van der Waals surface area (Å²) in [6.07, 6.45) is 6.53. The van der Waals surface area contributed by atoms with Crippen LogP contribution in [0.3, 0.4) is 0 Å². The summed E-state index contributed by atoms with van der Waals surface area (Å²) in [5.74, 6) is -1.03. The van der Waals surface area contributed by atoms with Gasteiger partial charge in [-0.25, -0.2) is 9.18 Å². The van der Waals surface area contributed by atoms with E-state index in [9.17, 15) is 9.18 Å². The zero-order chi connectivity index (χ0) is 13.0. The summed E-state index contributed by atoms with van der Waals surface area (Å²) in [6, 6.07) is 6.10. The number of anilines is 1. The normalized spacial score (nSPS) is 21.2. The highest BCUT2D eigenvalue weighted by atomic mass is 31.0. The van der Waals surface area contributed by atoms with Crippen molar-refractivity contribution in [2.45, 2.75) is 5.66 Å². The molecule has 2 rings (SSSR count). The predicted octanol–water partition coefficient (Wildman–Crippen LogP) is 1.94. The lowest BCUT2D eigenvalue weighted by molar-refractivity contribution is -0.137. The van der Waals surface area contributed by atoms with E-state index in [-0.39, 0.29) is 5.69 Å². The van der Waals surface area contributed by atoms with Gasteiger partial charge >= 0.3 is 5.97 Å². The van der Waals surface area contributed by atoms with Gasteiger partial charge in [0.15, 0.2) is 0 Å². The summed E-state index contributed by atoms with van der Waals surface area (Å²) in [5.41, 5.74) is -1.10. The number of hydrogen-bond acceptors (Lipinski definition) is 4. The molecule has 0 amide bonds. The molecule has 0 saturated heterocycles. The Kier molecular flexibility index (Phi) is 3.63. The lowest BCUT2D eigenvalue weighted by Crippen LogP contribution is -2.55. The fourth-order valence-electron chi connectivity index (χ4n) is 1.61. The van der Waals surface area contributed by atoms with Crippen molar-refractivity contribution in [3.8, 4) is 0 Å². The number of rotatable bonds is 3. The molecule has 1 aliphatic heterocycles. The van der Waals surface area contributed by atoms with E-state index >= 15 is 0 Å². The van der Waals surface area contributed by atoms with Gasteiger partial charge < -0.3 is 15.2 Å². The molecule has 0 spiro atoms. The quantitative estimate of drug-likeness (QED) is 0.821.